The highest BCUT2D eigenvalue weighted by Gasteiger charge is 2.33. The molecule has 0 spiro atoms. The van der Waals surface area contributed by atoms with Gasteiger partial charge in [-0.25, -0.2) is 0 Å². The number of aromatic nitrogens is 1. The van der Waals surface area contributed by atoms with Crippen LogP contribution in [0.3, 0.4) is 0 Å². The summed E-state index contributed by atoms with van der Waals surface area (Å²) in [4.78, 5) is 19.0. The number of likely N-dealkylation sites (tertiary alicyclic amines) is 1. The van der Waals surface area contributed by atoms with Crippen molar-refractivity contribution in [2.45, 2.75) is 38.9 Å². The minimum atomic E-state index is -4.41. The molecule has 5 nitrogen and oxygen atoms in total. The van der Waals surface area contributed by atoms with Gasteiger partial charge < -0.3 is 10.1 Å². The lowest BCUT2D eigenvalue weighted by Crippen LogP contribution is -2.47. The van der Waals surface area contributed by atoms with Gasteiger partial charge in [0.05, 0.1) is 18.1 Å². The van der Waals surface area contributed by atoms with E-state index in [2.05, 4.69) is 22.1 Å². The van der Waals surface area contributed by atoms with Gasteiger partial charge in [-0.1, -0.05) is 19.4 Å². The lowest BCUT2D eigenvalue weighted by molar-refractivity contribution is -0.137. The Morgan fingerprint density at radius 1 is 1.22 bits per heavy atom. The molecule has 0 bridgehead atoms. The molecule has 1 fully saturated rings. The highest BCUT2D eigenvalue weighted by Crippen LogP contribution is 2.32. The number of ether oxygens (including phenoxy) is 1. The molecule has 2 atom stereocenters. The first-order valence-corrected chi connectivity index (χ1v) is 11.0. The summed E-state index contributed by atoms with van der Waals surface area (Å²) >= 11 is 0. The lowest BCUT2D eigenvalue weighted by atomic mass is 9.88. The largest absolute Gasteiger partial charge is 0.493 e. The molecule has 1 N–H and O–H groups in total. The Hall–Kier alpha value is -2.61. The number of unbranched alkanes of at least 4 members (excludes halogenated alkanes) is 1. The van der Waals surface area contributed by atoms with E-state index in [1.165, 1.54) is 12.1 Å². The Morgan fingerprint density at radius 2 is 2.00 bits per heavy atom. The standard InChI is InChI=1S/C24H30F3N3O2/c1-2-3-9-29-23(31)20-12-19(15-30(16-20)14-18-7-10-28-11-8-18)17-32-22-6-4-5-21(13-22)24(25,26)27/h4-8,10-11,13,19-20H,2-3,9,12,14-17H2,1H3,(H,29,31)/t19-,20+/m0/s1. The molecule has 32 heavy (non-hydrogen) atoms. The number of nitrogens with one attached hydrogen (secondary N) is 1. The van der Waals surface area contributed by atoms with Crippen LogP contribution in [0.5, 0.6) is 5.75 Å². The molecule has 8 heteroatoms. The van der Waals surface area contributed by atoms with Crippen LogP contribution in [0.2, 0.25) is 0 Å². The Morgan fingerprint density at radius 3 is 2.72 bits per heavy atom. The molecule has 1 aliphatic rings. The van der Waals surface area contributed by atoms with Crippen molar-refractivity contribution < 1.29 is 22.7 Å². The van der Waals surface area contributed by atoms with E-state index in [1.54, 1.807) is 12.4 Å². The van der Waals surface area contributed by atoms with E-state index in [4.69, 9.17) is 4.74 Å². The van der Waals surface area contributed by atoms with Gasteiger partial charge in [0.25, 0.3) is 0 Å². The van der Waals surface area contributed by atoms with E-state index in [0.717, 1.165) is 30.5 Å². The van der Waals surface area contributed by atoms with E-state index in [9.17, 15) is 18.0 Å². The fourth-order valence-electron chi connectivity index (χ4n) is 4.00. The zero-order chi connectivity index (χ0) is 23.0. The molecule has 0 aliphatic carbocycles. The number of carbonyl (C=O) groups excluding carboxylic acids is 1. The van der Waals surface area contributed by atoms with Crippen LogP contribution in [0, 0.1) is 11.8 Å². The fourth-order valence-corrected chi connectivity index (χ4v) is 4.00. The first-order valence-electron chi connectivity index (χ1n) is 11.0. The molecule has 1 aromatic heterocycles. The van der Waals surface area contributed by atoms with Crippen molar-refractivity contribution in [1.29, 1.82) is 0 Å². The van der Waals surface area contributed by atoms with Crippen molar-refractivity contribution >= 4 is 5.91 Å². The highest BCUT2D eigenvalue weighted by molar-refractivity contribution is 5.79. The summed E-state index contributed by atoms with van der Waals surface area (Å²) in [6.45, 7) is 5.01. The van der Waals surface area contributed by atoms with E-state index < -0.39 is 11.7 Å². The summed E-state index contributed by atoms with van der Waals surface area (Å²) in [5.41, 5.74) is 0.371. The Balaban J connectivity index is 1.65. The van der Waals surface area contributed by atoms with Gasteiger partial charge in [0, 0.05) is 44.5 Å². The van der Waals surface area contributed by atoms with Crippen LogP contribution >= 0.6 is 0 Å². The second-order valence-electron chi connectivity index (χ2n) is 8.33. The highest BCUT2D eigenvalue weighted by atomic mass is 19.4. The van der Waals surface area contributed by atoms with Gasteiger partial charge in [0.1, 0.15) is 5.75 Å². The molecule has 1 amide bonds. The predicted octanol–water partition coefficient (Wildman–Crippen LogP) is 4.53. The zero-order valence-corrected chi connectivity index (χ0v) is 18.3. The summed E-state index contributed by atoms with van der Waals surface area (Å²) in [7, 11) is 0. The molecular formula is C24H30F3N3O2. The number of nitrogens with zero attached hydrogens (tertiary/aromatic N) is 2. The Labute approximate surface area is 187 Å². The molecule has 3 rings (SSSR count). The number of benzene rings is 1. The second-order valence-corrected chi connectivity index (χ2v) is 8.33. The summed E-state index contributed by atoms with van der Waals surface area (Å²) in [6.07, 6.45) is 1.65. The number of piperidine rings is 1. The minimum absolute atomic E-state index is 0.0296. The zero-order valence-electron chi connectivity index (χ0n) is 18.3. The minimum Gasteiger partial charge on any atom is -0.493 e. The van der Waals surface area contributed by atoms with Crippen molar-refractivity contribution in [3.05, 3.63) is 59.9 Å². The van der Waals surface area contributed by atoms with Crippen LogP contribution in [0.1, 0.15) is 37.3 Å². The number of hydrogen-bond acceptors (Lipinski definition) is 4. The maximum absolute atomic E-state index is 13.0. The molecule has 1 saturated heterocycles. The lowest BCUT2D eigenvalue weighted by Gasteiger charge is -2.37. The Bertz CT molecular complexity index is 861. The third-order valence-corrected chi connectivity index (χ3v) is 5.62. The molecule has 174 valence electrons. The average Bonchev–Trinajstić information content (AvgIpc) is 2.78. The number of amides is 1. The first-order chi connectivity index (χ1) is 15.3. The van der Waals surface area contributed by atoms with Crippen LogP contribution in [-0.4, -0.2) is 42.0 Å². The quantitative estimate of drug-likeness (QED) is 0.572. The SMILES string of the molecule is CCCCNC(=O)[C@@H]1C[C@H](COc2cccc(C(F)(F)F)c2)CN(Cc2ccncc2)C1. The number of halogens is 3. The fraction of sp³-hybridized carbons (Fsp3) is 0.500. The maximum Gasteiger partial charge on any atom is 0.416 e. The number of rotatable bonds is 9. The smallest absolute Gasteiger partial charge is 0.416 e. The molecule has 2 heterocycles. The molecule has 0 radical (unpaired) electrons. The van der Waals surface area contributed by atoms with Gasteiger partial charge in [0.2, 0.25) is 5.91 Å². The first kappa shape index (κ1) is 24.0. The summed E-state index contributed by atoms with van der Waals surface area (Å²) in [5, 5.41) is 3.01. The van der Waals surface area contributed by atoms with Crippen molar-refractivity contribution in [2.24, 2.45) is 11.8 Å². The van der Waals surface area contributed by atoms with Crippen LogP contribution in [0.4, 0.5) is 13.2 Å². The summed E-state index contributed by atoms with van der Waals surface area (Å²) in [5.74, 6) is 0.0663. The third-order valence-electron chi connectivity index (χ3n) is 5.62. The molecule has 1 aliphatic heterocycles. The van der Waals surface area contributed by atoms with Gasteiger partial charge in [-0.05, 0) is 48.7 Å². The van der Waals surface area contributed by atoms with Gasteiger partial charge in [0.15, 0.2) is 0 Å². The number of pyridine rings is 1. The monoisotopic (exact) mass is 449 g/mol. The Kier molecular flexibility index (Phi) is 8.50. The predicted molar refractivity (Wildman–Crippen MR) is 116 cm³/mol. The van der Waals surface area contributed by atoms with Crippen molar-refractivity contribution in [3.8, 4) is 5.75 Å². The average molecular weight is 450 g/mol. The van der Waals surface area contributed by atoms with Gasteiger partial charge >= 0.3 is 6.18 Å². The maximum atomic E-state index is 13.0. The summed E-state index contributed by atoms with van der Waals surface area (Å²) in [6, 6.07) is 8.81. The van der Waals surface area contributed by atoms with E-state index in [1.807, 2.05) is 12.1 Å². The topological polar surface area (TPSA) is 54.5 Å². The van der Waals surface area contributed by atoms with Crippen LogP contribution in [0.15, 0.2) is 48.8 Å². The van der Waals surface area contributed by atoms with Crippen molar-refractivity contribution in [3.63, 3.8) is 0 Å². The number of hydrogen-bond donors (Lipinski definition) is 1. The van der Waals surface area contributed by atoms with E-state index >= 15 is 0 Å². The van der Waals surface area contributed by atoms with Crippen molar-refractivity contribution in [2.75, 3.05) is 26.2 Å². The molecular weight excluding hydrogens is 419 g/mol. The molecule has 1 aromatic carbocycles. The van der Waals surface area contributed by atoms with Crippen LogP contribution < -0.4 is 10.1 Å². The number of alkyl halides is 3. The van der Waals surface area contributed by atoms with Crippen LogP contribution in [0.25, 0.3) is 0 Å². The molecule has 0 saturated carbocycles. The second kappa shape index (κ2) is 11.3. The van der Waals surface area contributed by atoms with Gasteiger partial charge in [-0.15, -0.1) is 0 Å². The van der Waals surface area contributed by atoms with Gasteiger partial charge in [-0.2, -0.15) is 13.2 Å². The van der Waals surface area contributed by atoms with Crippen LogP contribution in [-0.2, 0) is 17.5 Å². The summed E-state index contributed by atoms with van der Waals surface area (Å²) < 4.78 is 44.7. The molecule has 2 aromatic rings. The normalized spacial score (nSPS) is 19.5. The third kappa shape index (κ3) is 7.22. The van der Waals surface area contributed by atoms with Crippen molar-refractivity contribution in [1.82, 2.24) is 15.2 Å². The van der Waals surface area contributed by atoms with E-state index in [-0.39, 0.29) is 30.1 Å². The van der Waals surface area contributed by atoms with Gasteiger partial charge in [-0.3, -0.25) is 14.7 Å². The van der Waals surface area contributed by atoms with E-state index in [0.29, 0.717) is 32.6 Å². The number of carbonyl (C=O) groups is 1. The molecule has 0 unspecified atom stereocenters.